The Kier molecular flexibility index (Phi) is 4.46. The second-order valence-electron chi connectivity index (χ2n) is 6.00. The van der Waals surface area contributed by atoms with Crippen LogP contribution in [0.2, 0.25) is 0 Å². The lowest BCUT2D eigenvalue weighted by Gasteiger charge is -2.38. The molecule has 0 radical (unpaired) electrons. The molecule has 0 bridgehead atoms. The molecule has 4 rings (SSSR count). The minimum atomic E-state index is -0.441. The highest BCUT2D eigenvalue weighted by atomic mass is 16.5. The summed E-state index contributed by atoms with van der Waals surface area (Å²) in [4.78, 5) is 19.1. The molecule has 0 saturated heterocycles. The minimum absolute atomic E-state index is 0.0905. The average molecular weight is 355 g/mol. The zero-order chi connectivity index (χ0) is 18.6. The Balaban J connectivity index is 1.85. The van der Waals surface area contributed by atoms with Gasteiger partial charge >= 0.3 is 0 Å². The van der Waals surface area contributed by atoms with Gasteiger partial charge in [0.25, 0.3) is 5.91 Å². The van der Waals surface area contributed by atoms with Crippen molar-refractivity contribution in [3.63, 3.8) is 0 Å². The number of para-hydroxylation sites is 2. The summed E-state index contributed by atoms with van der Waals surface area (Å²) in [6, 6.07) is 18.7. The van der Waals surface area contributed by atoms with E-state index in [0.29, 0.717) is 11.3 Å². The summed E-state index contributed by atoms with van der Waals surface area (Å²) in [5.74, 6) is 3.03. The van der Waals surface area contributed by atoms with Crippen LogP contribution in [-0.4, -0.2) is 17.5 Å². The maximum Gasteiger partial charge on any atom is 0.262 e. The first-order valence-corrected chi connectivity index (χ1v) is 8.54. The molecule has 2 heterocycles. The highest BCUT2D eigenvalue weighted by Crippen LogP contribution is 2.39. The summed E-state index contributed by atoms with van der Waals surface area (Å²) < 4.78 is 5.72. The SMILES string of the molecule is C#CCOc1ccccc1[C@H]1Nc2ccccc2C(=O)N1c1ccncc1. The summed E-state index contributed by atoms with van der Waals surface area (Å²) in [6.07, 6.45) is 8.24. The first-order valence-electron chi connectivity index (χ1n) is 8.54. The lowest BCUT2D eigenvalue weighted by atomic mass is 10.0. The summed E-state index contributed by atoms with van der Waals surface area (Å²) >= 11 is 0. The van der Waals surface area contributed by atoms with Crippen molar-refractivity contribution < 1.29 is 9.53 Å². The molecule has 0 saturated carbocycles. The second kappa shape index (κ2) is 7.22. The molecule has 1 aliphatic rings. The van der Waals surface area contributed by atoms with Gasteiger partial charge in [0.2, 0.25) is 0 Å². The van der Waals surface area contributed by atoms with E-state index < -0.39 is 6.17 Å². The molecule has 2 aromatic carbocycles. The van der Waals surface area contributed by atoms with E-state index in [2.05, 4.69) is 16.2 Å². The number of carbonyl (C=O) groups excluding carboxylic acids is 1. The maximum atomic E-state index is 13.3. The molecule has 1 aliphatic heterocycles. The van der Waals surface area contributed by atoms with Crippen molar-refractivity contribution >= 4 is 17.3 Å². The third kappa shape index (κ3) is 3.09. The molecule has 5 heteroatoms. The Hall–Kier alpha value is -3.78. The summed E-state index contributed by atoms with van der Waals surface area (Å²) in [5, 5.41) is 3.46. The standard InChI is InChI=1S/C22H17N3O2/c1-2-15-27-20-10-6-4-8-18(20)21-24-19-9-5-3-7-17(19)22(26)25(21)16-11-13-23-14-12-16/h1,3-14,21,24H,15H2/t21-/m0/s1. The van der Waals surface area contributed by atoms with E-state index in [1.54, 1.807) is 17.3 Å². The predicted molar refractivity (Wildman–Crippen MR) is 105 cm³/mol. The van der Waals surface area contributed by atoms with Crippen LogP contribution < -0.4 is 15.0 Å². The molecule has 1 N–H and O–H groups in total. The van der Waals surface area contributed by atoms with Gasteiger partial charge in [0.05, 0.1) is 5.56 Å². The van der Waals surface area contributed by atoms with E-state index in [1.165, 1.54) is 0 Å². The lowest BCUT2D eigenvalue weighted by molar-refractivity contribution is 0.0974. The highest BCUT2D eigenvalue weighted by Gasteiger charge is 2.35. The number of amides is 1. The largest absolute Gasteiger partial charge is 0.481 e. The monoisotopic (exact) mass is 355 g/mol. The van der Waals surface area contributed by atoms with Crippen LogP contribution >= 0.6 is 0 Å². The number of rotatable bonds is 4. The zero-order valence-corrected chi connectivity index (χ0v) is 14.5. The third-order valence-electron chi connectivity index (χ3n) is 4.39. The van der Waals surface area contributed by atoms with Gasteiger partial charge in [0.15, 0.2) is 0 Å². The van der Waals surface area contributed by atoms with Gasteiger partial charge in [-0.3, -0.25) is 14.7 Å². The van der Waals surface area contributed by atoms with Crippen molar-refractivity contribution in [2.45, 2.75) is 6.17 Å². The minimum Gasteiger partial charge on any atom is -0.481 e. The van der Waals surface area contributed by atoms with E-state index in [-0.39, 0.29) is 12.5 Å². The number of benzene rings is 2. The van der Waals surface area contributed by atoms with Gasteiger partial charge in [-0.1, -0.05) is 36.3 Å². The van der Waals surface area contributed by atoms with Crippen LogP contribution in [0.15, 0.2) is 73.1 Å². The molecule has 0 unspecified atom stereocenters. The van der Waals surface area contributed by atoms with E-state index >= 15 is 0 Å². The quantitative estimate of drug-likeness (QED) is 0.722. The summed E-state index contributed by atoms with van der Waals surface area (Å²) in [6.45, 7) is 0.156. The Morgan fingerprint density at radius 1 is 1.07 bits per heavy atom. The number of aromatic nitrogens is 1. The predicted octanol–water partition coefficient (Wildman–Crippen LogP) is 3.86. The molecule has 1 aromatic heterocycles. The third-order valence-corrected chi connectivity index (χ3v) is 4.39. The molecule has 0 spiro atoms. The fourth-order valence-electron chi connectivity index (χ4n) is 3.20. The van der Waals surface area contributed by atoms with Crippen LogP contribution in [0, 0.1) is 12.3 Å². The van der Waals surface area contributed by atoms with Crippen LogP contribution in [0.5, 0.6) is 5.75 Å². The lowest BCUT2D eigenvalue weighted by Crippen LogP contribution is -2.43. The molecule has 1 amide bonds. The smallest absolute Gasteiger partial charge is 0.262 e. The van der Waals surface area contributed by atoms with E-state index in [0.717, 1.165) is 16.9 Å². The molecule has 27 heavy (non-hydrogen) atoms. The molecular formula is C22H17N3O2. The number of ether oxygens (including phenoxy) is 1. The van der Waals surface area contributed by atoms with Gasteiger partial charge in [-0.05, 0) is 30.3 Å². The van der Waals surface area contributed by atoms with Crippen molar-refractivity contribution in [3.05, 3.63) is 84.2 Å². The average Bonchev–Trinajstić information content (AvgIpc) is 2.73. The topological polar surface area (TPSA) is 54.5 Å². The fraction of sp³-hybridized carbons (Fsp3) is 0.0909. The van der Waals surface area contributed by atoms with Crippen molar-refractivity contribution in [3.8, 4) is 18.1 Å². The van der Waals surface area contributed by atoms with E-state index in [4.69, 9.17) is 11.2 Å². The number of pyridine rings is 1. The molecule has 0 fully saturated rings. The molecule has 132 valence electrons. The fourth-order valence-corrected chi connectivity index (χ4v) is 3.20. The number of nitrogens with zero attached hydrogens (tertiary/aromatic N) is 2. The Bertz CT molecular complexity index is 1010. The first kappa shape index (κ1) is 16.7. The molecule has 3 aromatic rings. The Labute approximate surface area is 157 Å². The number of terminal acetylenes is 1. The summed E-state index contributed by atoms with van der Waals surface area (Å²) in [7, 11) is 0. The van der Waals surface area contributed by atoms with Gasteiger partial charge in [-0.25, -0.2) is 0 Å². The van der Waals surface area contributed by atoms with Crippen LogP contribution in [-0.2, 0) is 0 Å². The number of nitrogens with one attached hydrogen (secondary N) is 1. The van der Waals surface area contributed by atoms with Crippen LogP contribution in [0.25, 0.3) is 0 Å². The van der Waals surface area contributed by atoms with Crippen LogP contribution in [0.3, 0.4) is 0 Å². The summed E-state index contributed by atoms with van der Waals surface area (Å²) in [5.41, 5.74) is 2.97. The Morgan fingerprint density at radius 3 is 2.63 bits per heavy atom. The normalized spacial score (nSPS) is 15.4. The van der Waals surface area contributed by atoms with Gasteiger partial charge in [-0.2, -0.15) is 0 Å². The van der Waals surface area contributed by atoms with E-state index in [1.807, 2.05) is 60.7 Å². The van der Waals surface area contributed by atoms with Gasteiger partial charge in [0.1, 0.15) is 18.5 Å². The van der Waals surface area contributed by atoms with Crippen molar-refractivity contribution in [2.24, 2.45) is 0 Å². The zero-order valence-electron chi connectivity index (χ0n) is 14.5. The number of anilines is 2. The van der Waals surface area contributed by atoms with Crippen molar-refractivity contribution in [1.82, 2.24) is 4.98 Å². The Morgan fingerprint density at radius 2 is 1.81 bits per heavy atom. The van der Waals surface area contributed by atoms with E-state index in [9.17, 15) is 4.79 Å². The van der Waals surface area contributed by atoms with Crippen LogP contribution in [0.4, 0.5) is 11.4 Å². The molecule has 5 nitrogen and oxygen atoms in total. The van der Waals surface area contributed by atoms with Crippen LogP contribution in [0.1, 0.15) is 22.1 Å². The van der Waals surface area contributed by atoms with Crippen molar-refractivity contribution in [2.75, 3.05) is 16.8 Å². The van der Waals surface area contributed by atoms with Gasteiger partial charge < -0.3 is 10.1 Å². The van der Waals surface area contributed by atoms with Crippen molar-refractivity contribution in [1.29, 1.82) is 0 Å². The maximum absolute atomic E-state index is 13.3. The first-order chi connectivity index (χ1) is 13.3. The number of fused-ring (bicyclic) bond motifs is 1. The second-order valence-corrected chi connectivity index (χ2v) is 6.00. The number of hydrogen-bond acceptors (Lipinski definition) is 4. The molecule has 0 aliphatic carbocycles. The molecule has 1 atom stereocenters. The number of carbonyl (C=O) groups is 1. The van der Waals surface area contributed by atoms with Gasteiger partial charge in [0, 0.05) is 29.3 Å². The molecular weight excluding hydrogens is 338 g/mol. The highest BCUT2D eigenvalue weighted by molar-refractivity contribution is 6.12. The number of hydrogen-bond donors (Lipinski definition) is 1. The van der Waals surface area contributed by atoms with Gasteiger partial charge in [-0.15, -0.1) is 6.42 Å².